The van der Waals surface area contributed by atoms with E-state index in [9.17, 15) is 4.79 Å². The molecule has 0 saturated heterocycles. The SMILES string of the molecule is CN(C)CCN1CCN(C(=O)c2ccno2)Cc2cccnc21. The Labute approximate surface area is 135 Å². The molecule has 1 aliphatic heterocycles. The smallest absolute Gasteiger partial charge is 0.292 e. The van der Waals surface area contributed by atoms with Crippen LogP contribution in [0.3, 0.4) is 0 Å². The van der Waals surface area contributed by atoms with E-state index in [0.717, 1.165) is 31.0 Å². The first-order chi connectivity index (χ1) is 11.1. The fourth-order valence-electron chi connectivity index (χ4n) is 2.66. The molecule has 3 rings (SSSR count). The fourth-order valence-corrected chi connectivity index (χ4v) is 2.66. The average molecular weight is 315 g/mol. The lowest BCUT2D eigenvalue weighted by atomic mass is 10.2. The molecule has 0 fully saturated rings. The van der Waals surface area contributed by atoms with Gasteiger partial charge in [-0.25, -0.2) is 4.98 Å². The third kappa shape index (κ3) is 3.50. The quantitative estimate of drug-likeness (QED) is 0.841. The van der Waals surface area contributed by atoms with E-state index >= 15 is 0 Å². The number of hydrogen-bond acceptors (Lipinski definition) is 6. The van der Waals surface area contributed by atoms with E-state index in [1.165, 1.54) is 6.20 Å². The summed E-state index contributed by atoms with van der Waals surface area (Å²) in [6, 6.07) is 5.53. The first-order valence-electron chi connectivity index (χ1n) is 7.68. The molecule has 0 bridgehead atoms. The van der Waals surface area contributed by atoms with Crippen molar-refractivity contribution >= 4 is 11.7 Å². The van der Waals surface area contributed by atoms with Crippen LogP contribution in [0.1, 0.15) is 16.1 Å². The molecule has 1 amide bonds. The number of anilines is 1. The van der Waals surface area contributed by atoms with Crippen LogP contribution in [0, 0.1) is 0 Å². The molecule has 0 radical (unpaired) electrons. The van der Waals surface area contributed by atoms with Crippen molar-refractivity contribution in [2.24, 2.45) is 0 Å². The second-order valence-corrected chi connectivity index (χ2v) is 5.88. The highest BCUT2D eigenvalue weighted by molar-refractivity contribution is 5.91. The number of rotatable bonds is 4. The summed E-state index contributed by atoms with van der Waals surface area (Å²) in [6.07, 6.45) is 3.29. The molecule has 0 N–H and O–H groups in total. The predicted octanol–water partition coefficient (Wildman–Crippen LogP) is 1.09. The Morgan fingerprint density at radius 2 is 2.17 bits per heavy atom. The Bertz CT molecular complexity index is 656. The molecule has 7 nitrogen and oxygen atoms in total. The summed E-state index contributed by atoms with van der Waals surface area (Å²) in [5, 5.41) is 3.62. The summed E-state index contributed by atoms with van der Waals surface area (Å²) >= 11 is 0. The van der Waals surface area contributed by atoms with Gasteiger partial charge in [-0.2, -0.15) is 0 Å². The standard InChI is InChI=1S/C16H21N5O2/c1-19(2)8-9-20-10-11-21(16(22)14-5-7-18-23-14)12-13-4-3-6-17-15(13)20/h3-7H,8-12H2,1-2H3. The second-order valence-electron chi connectivity index (χ2n) is 5.88. The van der Waals surface area contributed by atoms with E-state index in [4.69, 9.17) is 4.52 Å². The van der Waals surface area contributed by atoms with Crippen molar-refractivity contribution in [2.45, 2.75) is 6.54 Å². The molecular weight excluding hydrogens is 294 g/mol. The van der Waals surface area contributed by atoms with Crippen LogP contribution in [0.5, 0.6) is 0 Å². The second kappa shape index (κ2) is 6.78. The van der Waals surface area contributed by atoms with Crippen LogP contribution >= 0.6 is 0 Å². The van der Waals surface area contributed by atoms with Gasteiger partial charge in [0, 0.05) is 50.6 Å². The van der Waals surface area contributed by atoms with Crippen LogP contribution in [0.25, 0.3) is 0 Å². The molecule has 0 saturated carbocycles. The van der Waals surface area contributed by atoms with Gasteiger partial charge in [0.25, 0.3) is 5.91 Å². The monoisotopic (exact) mass is 315 g/mol. The Kier molecular flexibility index (Phi) is 4.57. The van der Waals surface area contributed by atoms with Gasteiger partial charge in [0.1, 0.15) is 5.82 Å². The Morgan fingerprint density at radius 3 is 2.91 bits per heavy atom. The molecule has 3 heterocycles. The van der Waals surface area contributed by atoms with E-state index < -0.39 is 0 Å². The number of carbonyl (C=O) groups is 1. The molecule has 2 aromatic heterocycles. The lowest BCUT2D eigenvalue weighted by molar-refractivity contribution is 0.0709. The zero-order chi connectivity index (χ0) is 16.2. The molecule has 0 unspecified atom stereocenters. The van der Waals surface area contributed by atoms with E-state index in [1.54, 1.807) is 17.2 Å². The summed E-state index contributed by atoms with van der Waals surface area (Å²) in [6.45, 7) is 3.72. The normalized spacial score (nSPS) is 14.7. The van der Waals surface area contributed by atoms with Gasteiger partial charge in [-0.3, -0.25) is 4.79 Å². The molecular formula is C16H21N5O2. The van der Waals surface area contributed by atoms with E-state index in [-0.39, 0.29) is 11.7 Å². The minimum absolute atomic E-state index is 0.133. The van der Waals surface area contributed by atoms with Gasteiger partial charge in [0.2, 0.25) is 5.76 Å². The largest absolute Gasteiger partial charge is 0.353 e. The van der Waals surface area contributed by atoms with Crippen LogP contribution < -0.4 is 4.90 Å². The summed E-state index contributed by atoms with van der Waals surface area (Å²) in [4.78, 5) is 23.2. The minimum Gasteiger partial charge on any atom is -0.353 e. The summed E-state index contributed by atoms with van der Waals surface area (Å²) in [7, 11) is 4.10. The van der Waals surface area contributed by atoms with E-state index in [0.29, 0.717) is 13.1 Å². The molecule has 1 aliphatic rings. The highest BCUT2D eigenvalue weighted by Crippen LogP contribution is 2.23. The molecule has 7 heteroatoms. The zero-order valence-corrected chi connectivity index (χ0v) is 13.5. The van der Waals surface area contributed by atoms with E-state index in [1.807, 2.05) is 12.1 Å². The number of carbonyl (C=O) groups excluding carboxylic acids is 1. The lowest BCUT2D eigenvalue weighted by Gasteiger charge is -2.25. The Hall–Kier alpha value is -2.41. The molecule has 0 aromatic carbocycles. The van der Waals surface area contributed by atoms with Crippen LogP contribution in [0.4, 0.5) is 5.82 Å². The van der Waals surface area contributed by atoms with Gasteiger partial charge in [-0.15, -0.1) is 0 Å². The molecule has 0 spiro atoms. The maximum Gasteiger partial charge on any atom is 0.292 e. The van der Waals surface area contributed by atoms with Crippen LogP contribution in [-0.2, 0) is 6.54 Å². The number of aromatic nitrogens is 2. The van der Waals surface area contributed by atoms with Crippen molar-refractivity contribution in [1.29, 1.82) is 0 Å². The lowest BCUT2D eigenvalue weighted by Crippen LogP contribution is -2.38. The minimum atomic E-state index is -0.133. The van der Waals surface area contributed by atoms with Crippen molar-refractivity contribution in [1.82, 2.24) is 19.9 Å². The first kappa shape index (κ1) is 15.5. The first-order valence-corrected chi connectivity index (χ1v) is 7.68. The third-order valence-electron chi connectivity index (χ3n) is 3.92. The van der Waals surface area contributed by atoms with Gasteiger partial charge in [0.05, 0.1) is 6.20 Å². The highest BCUT2D eigenvalue weighted by Gasteiger charge is 2.26. The van der Waals surface area contributed by atoms with Gasteiger partial charge >= 0.3 is 0 Å². The molecule has 0 aliphatic carbocycles. The maximum absolute atomic E-state index is 12.5. The average Bonchev–Trinajstić information content (AvgIpc) is 3.01. The predicted molar refractivity (Wildman–Crippen MR) is 86.2 cm³/mol. The van der Waals surface area contributed by atoms with Crippen molar-refractivity contribution in [3.63, 3.8) is 0 Å². The number of hydrogen-bond donors (Lipinski definition) is 0. The molecule has 23 heavy (non-hydrogen) atoms. The highest BCUT2D eigenvalue weighted by atomic mass is 16.5. The summed E-state index contributed by atoms with van der Waals surface area (Å²) in [5.74, 6) is 1.10. The van der Waals surface area contributed by atoms with Gasteiger partial charge < -0.3 is 19.2 Å². The summed E-state index contributed by atoms with van der Waals surface area (Å²) < 4.78 is 5.01. The number of amides is 1. The number of pyridine rings is 1. The number of fused-ring (bicyclic) bond motifs is 1. The van der Waals surface area contributed by atoms with Crippen molar-refractivity contribution in [3.8, 4) is 0 Å². The van der Waals surface area contributed by atoms with Gasteiger partial charge in [-0.1, -0.05) is 11.2 Å². The maximum atomic E-state index is 12.5. The van der Waals surface area contributed by atoms with Crippen LogP contribution in [0.2, 0.25) is 0 Å². The molecule has 0 atom stereocenters. The Balaban J connectivity index is 1.81. The fraction of sp³-hybridized carbons (Fsp3) is 0.438. The Morgan fingerprint density at radius 1 is 1.30 bits per heavy atom. The molecule has 122 valence electrons. The summed E-state index contributed by atoms with van der Waals surface area (Å²) in [5.41, 5.74) is 1.05. The molecule has 2 aromatic rings. The topological polar surface area (TPSA) is 65.7 Å². The zero-order valence-electron chi connectivity index (χ0n) is 13.5. The van der Waals surface area contributed by atoms with Crippen molar-refractivity contribution in [2.75, 3.05) is 45.2 Å². The van der Waals surface area contributed by atoms with Crippen molar-refractivity contribution < 1.29 is 9.32 Å². The third-order valence-corrected chi connectivity index (χ3v) is 3.92. The van der Waals surface area contributed by atoms with Gasteiger partial charge in [0.15, 0.2) is 0 Å². The number of likely N-dealkylation sites (N-methyl/N-ethyl adjacent to an activating group) is 1. The van der Waals surface area contributed by atoms with Crippen LogP contribution in [0.15, 0.2) is 35.1 Å². The van der Waals surface area contributed by atoms with Crippen LogP contribution in [-0.4, -0.2) is 66.1 Å². The van der Waals surface area contributed by atoms with Crippen molar-refractivity contribution in [3.05, 3.63) is 41.9 Å². The number of nitrogens with zero attached hydrogens (tertiary/aromatic N) is 5. The van der Waals surface area contributed by atoms with Gasteiger partial charge in [-0.05, 0) is 20.2 Å². The van der Waals surface area contributed by atoms with E-state index in [2.05, 4.69) is 34.0 Å².